The number of nitrogens with zero attached hydrogens (tertiary/aromatic N) is 4. The first-order valence-corrected chi connectivity index (χ1v) is 10.8. The van der Waals surface area contributed by atoms with Gasteiger partial charge in [0.05, 0.1) is 36.4 Å². The summed E-state index contributed by atoms with van der Waals surface area (Å²) in [7, 11) is 3.18. The highest BCUT2D eigenvalue weighted by atomic mass is 32.2. The molecular weight excluding hydrogens is 416 g/mol. The van der Waals surface area contributed by atoms with E-state index in [0.29, 0.717) is 57.1 Å². The number of ether oxygens (including phenoxy) is 2. The summed E-state index contributed by atoms with van der Waals surface area (Å²) < 4.78 is 17.8. The van der Waals surface area contributed by atoms with E-state index in [1.807, 2.05) is 25.1 Å². The fourth-order valence-electron chi connectivity index (χ4n) is 3.22. The zero-order valence-corrected chi connectivity index (χ0v) is 18.3. The molecule has 2 heterocycles. The van der Waals surface area contributed by atoms with Gasteiger partial charge >= 0.3 is 0 Å². The Morgan fingerprint density at radius 1 is 1.10 bits per heavy atom. The zero-order chi connectivity index (χ0) is 21.8. The first kappa shape index (κ1) is 20.9. The van der Waals surface area contributed by atoms with Crippen molar-refractivity contribution in [3.63, 3.8) is 0 Å². The van der Waals surface area contributed by atoms with Crippen LogP contribution in [0.25, 0.3) is 22.3 Å². The topological polar surface area (TPSA) is 92.3 Å². The second-order valence-corrected chi connectivity index (χ2v) is 7.68. The van der Waals surface area contributed by atoms with Crippen molar-refractivity contribution in [2.24, 2.45) is 0 Å². The molecule has 0 saturated carbocycles. The lowest BCUT2D eigenvalue weighted by Crippen LogP contribution is -2.23. The number of hydrogen-bond donors (Lipinski definition) is 0. The van der Waals surface area contributed by atoms with Gasteiger partial charge in [0.25, 0.3) is 5.56 Å². The number of para-hydroxylation sites is 1. The lowest BCUT2D eigenvalue weighted by molar-refractivity contribution is 0.389. The molecule has 9 heteroatoms. The van der Waals surface area contributed by atoms with E-state index in [9.17, 15) is 4.79 Å². The van der Waals surface area contributed by atoms with Crippen molar-refractivity contribution in [3.05, 3.63) is 58.7 Å². The van der Waals surface area contributed by atoms with Crippen LogP contribution >= 0.6 is 11.8 Å². The number of rotatable bonds is 8. The number of aromatic nitrogens is 4. The Morgan fingerprint density at radius 2 is 1.94 bits per heavy atom. The van der Waals surface area contributed by atoms with Gasteiger partial charge in [-0.15, -0.1) is 0 Å². The van der Waals surface area contributed by atoms with Crippen molar-refractivity contribution >= 4 is 22.7 Å². The van der Waals surface area contributed by atoms with Crippen LogP contribution < -0.4 is 15.0 Å². The average Bonchev–Trinajstić information content (AvgIpc) is 3.28. The predicted octanol–water partition coefficient (Wildman–Crippen LogP) is 4.17. The SMILES string of the molecule is CCCn1c(SCc2nc(-c3cc(OC)ccc3OC)no2)nc2ccccc2c1=O. The second-order valence-electron chi connectivity index (χ2n) is 6.73. The van der Waals surface area contributed by atoms with E-state index in [1.54, 1.807) is 43.1 Å². The first-order chi connectivity index (χ1) is 15.1. The molecule has 4 aromatic rings. The van der Waals surface area contributed by atoms with E-state index < -0.39 is 0 Å². The van der Waals surface area contributed by atoms with Gasteiger partial charge in [0.2, 0.25) is 11.7 Å². The molecule has 160 valence electrons. The van der Waals surface area contributed by atoms with Crippen LogP contribution in [0.15, 0.2) is 56.9 Å². The molecule has 0 atom stereocenters. The zero-order valence-electron chi connectivity index (χ0n) is 17.5. The lowest BCUT2D eigenvalue weighted by atomic mass is 10.2. The van der Waals surface area contributed by atoms with Crippen LogP contribution in [0.2, 0.25) is 0 Å². The third-order valence-electron chi connectivity index (χ3n) is 4.71. The molecule has 4 rings (SSSR count). The second kappa shape index (κ2) is 9.22. The molecule has 2 aromatic carbocycles. The summed E-state index contributed by atoms with van der Waals surface area (Å²) in [6, 6.07) is 12.8. The minimum absolute atomic E-state index is 0.0396. The van der Waals surface area contributed by atoms with Crippen LogP contribution in [0.3, 0.4) is 0 Å². The maximum absolute atomic E-state index is 12.9. The standard InChI is InChI=1S/C22H22N4O4S/c1-4-11-26-21(27)15-7-5-6-8-17(15)23-22(26)31-13-19-24-20(25-30-19)16-12-14(28-2)9-10-18(16)29-3/h5-10,12H,4,11,13H2,1-3H3. The molecule has 2 aromatic heterocycles. The first-order valence-electron chi connectivity index (χ1n) is 9.82. The smallest absolute Gasteiger partial charge is 0.262 e. The summed E-state index contributed by atoms with van der Waals surface area (Å²) in [6.45, 7) is 2.62. The quantitative estimate of drug-likeness (QED) is 0.299. The van der Waals surface area contributed by atoms with E-state index >= 15 is 0 Å². The molecule has 0 fully saturated rings. The van der Waals surface area contributed by atoms with E-state index in [2.05, 4.69) is 15.1 Å². The Labute approximate surface area is 183 Å². The molecule has 0 unspecified atom stereocenters. The van der Waals surface area contributed by atoms with Crippen LogP contribution in [0.5, 0.6) is 11.5 Å². The molecule has 0 N–H and O–H groups in total. The molecule has 0 saturated heterocycles. The fraction of sp³-hybridized carbons (Fsp3) is 0.273. The largest absolute Gasteiger partial charge is 0.497 e. The van der Waals surface area contributed by atoms with Crippen molar-refractivity contribution < 1.29 is 14.0 Å². The monoisotopic (exact) mass is 438 g/mol. The third kappa shape index (κ3) is 4.27. The fourth-order valence-corrected chi connectivity index (χ4v) is 4.08. The normalized spacial score (nSPS) is 11.1. The molecule has 0 aliphatic rings. The summed E-state index contributed by atoms with van der Waals surface area (Å²) in [5, 5.41) is 5.33. The van der Waals surface area contributed by atoms with E-state index in [-0.39, 0.29) is 5.56 Å². The van der Waals surface area contributed by atoms with Crippen molar-refractivity contribution in [1.82, 2.24) is 19.7 Å². The minimum Gasteiger partial charge on any atom is -0.497 e. The number of benzene rings is 2. The van der Waals surface area contributed by atoms with Gasteiger partial charge < -0.3 is 14.0 Å². The van der Waals surface area contributed by atoms with Gasteiger partial charge in [0, 0.05) is 6.54 Å². The lowest BCUT2D eigenvalue weighted by Gasteiger charge is -2.11. The van der Waals surface area contributed by atoms with Crippen LogP contribution in [0.4, 0.5) is 0 Å². The van der Waals surface area contributed by atoms with Gasteiger partial charge in [0.1, 0.15) is 11.5 Å². The van der Waals surface area contributed by atoms with Gasteiger partial charge in [-0.2, -0.15) is 4.98 Å². The molecule has 8 nitrogen and oxygen atoms in total. The Balaban J connectivity index is 1.62. The summed E-state index contributed by atoms with van der Waals surface area (Å²) >= 11 is 1.39. The molecule has 0 aliphatic carbocycles. The summed E-state index contributed by atoms with van der Waals surface area (Å²) in [5.74, 6) is 2.50. The molecular formula is C22H22N4O4S. The van der Waals surface area contributed by atoms with Crippen molar-refractivity contribution in [3.8, 4) is 22.9 Å². The van der Waals surface area contributed by atoms with E-state index in [0.717, 1.165) is 6.42 Å². The van der Waals surface area contributed by atoms with Crippen LogP contribution in [0, 0.1) is 0 Å². The Kier molecular flexibility index (Phi) is 6.22. The van der Waals surface area contributed by atoms with E-state index in [1.165, 1.54) is 11.8 Å². The van der Waals surface area contributed by atoms with Crippen molar-refractivity contribution in [1.29, 1.82) is 0 Å². The molecule has 0 aliphatic heterocycles. The number of methoxy groups -OCH3 is 2. The highest BCUT2D eigenvalue weighted by Crippen LogP contribution is 2.32. The summed E-state index contributed by atoms with van der Waals surface area (Å²) in [5.41, 5.74) is 1.31. The summed E-state index contributed by atoms with van der Waals surface area (Å²) in [6.07, 6.45) is 0.827. The Morgan fingerprint density at radius 3 is 2.71 bits per heavy atom. The van der Waals surface area contributed by atoms with Gasteiger partial charge in [-0.25, -0.2) is 4.98 Å². The Bertz CT molecular complexity index is 1270. The predicted molar refractivity (Wildman–Crippen MR) is 119 cm³/mol. The van der Waals surface area contributed by atoms with Gasteiger partial charge in [-0.05, 0) is 36.8 Å². The van der Waals surface area contributed by atoms with Crippen LogP contribution in [-0.2, 0) is 12.3 Å². The van der Waals surface area contributed by atoms with Gasteiger partial charge in [-0.3, -0.25) is 9.36 Å². The van der Waals surface area contributed by atoms with Crippen molar-refractivity contribution in [2.45, 2.75) is 30.8 Å². The van der Waals surface area contributed by atoms with Crippen molar-refractivity contribution in [2.75, 3.05) is 14.2 Å². The Hall–Kier alpha value is -3.33. The molecule has 31 heavy (non-hydrogen) atoms. The highest BCUT2D eigenvalue weighted by Gasteiger charge is 2.17. The molecule has 0 amide bonds. The van der Waals surface area contributed by atoms with Crippen LogP contribution in [-0.4, -0.2) is 33.9 Å². The molecule has 0 spiro atoms. The van der Waals surface area contributed by atoms with Gasteiger partial charge in [0.15, 0.2) is 5.16 Å². The van der Waals surface area contributed by atoms with Gasteiger partial charge in [-0.1, -0.05) is 36.0 Å². The third-order valence-corrected chi connectivity index (χ3v) is 5.68. The number of hydrogen-bond acceptors (Lipinski definition) is 8. The molecule has 0 bridgehead atoms. The summed E-state index contributed by atoms with van der Waals surface area (Å²) in [4.78, 5) is 22.1. The molecule has 0 radical (unpaired) electrons. The number of fused-ring (bicyclic) bond motifs is 1. The van der Waals surface area contributed by atoms with Crippen LogP contribution in [0.1, 0.15) is 19.2 Å². The van der Waals surface area contributed by atoms with E-state index in [4.69, 9.17) is 14.0 Å². The maximum atomic E-state index is 12.9. The highest BCUT2D eigenvalue weighted by molar-refractivity contribution is 7.98. The number of thioether (sulfide) groups is 1. The average molecular weight is 439 g/mol. The maximum Gasteiger partial charge on any atom is 0.262 e. The minimum atomic E-state index is -0.0396.